The molecule has 3 heterocycles. The fraction of sp³-hybridized carbons (Fsp3) is 0.278. The quantitative estimate of drug-likeness (QED) is 0.764. The molecule has 6 heteroatoms. The van der Waals surface area contributed by atoms with Crippen molar-refractivity contribution in [3.63, 3.8) is 0 Å². The van der Waals surface area contributed by atoms with Crippen molar-refractivity contribution in [3.05, 3.63) is 41.1 Å². The van der Waals surface area contributed by atoms with E-state index >= 15 is 0 Å². The van der Waals surface area contributed by atoms with Crippen LogP contribution in [0.25, 0.3) is 27.7 Å². The van der Waals surface area contributed by atoms with Gasteiger partial charge in [-0.05, 0) is 47.2 Å². The normalized spacial score (nSPS) is 17.7. The monoisotopic (exact) mass is 338 g/mol. The van der Waals surface area contributed by atoms with Crippen LogP contribution in [0.4, 0.5) is 0 Å². The van der Waals surface area contributed by atoms with Gasteiger partial charge in [0.15, 0.2) is 0 Å². The number of rotatable bonds is 3. The number of amides is 1. The molecule has 1 aliphatic rings. The molecule has 0 spiro atoms. The van der Waals surface area contributed by atoms with Gasteiger partial charge < -0.3 is 10.3 Å². The van der Waals surface area contributed by atoms with Crippen molar-refractivity contribution in [2.24, 2.45) is 0 Å². The van der Waals surface area contributed by atoms with Crippen molar-refractivity contribution in [1.82, 2.24) is 20.3 Å². The Morgan fingerprint density at radius 2 is 2.33 bits per heavy atom. The van der Waals surface area contributed by atoms with E-state index in [0.29, 0.717) is 0 Å². The van der Waals surface area contributed by atoms with E-state index in [1.54, 1.807) is 24.6 Å². The largest absolute Gasteiger partial charge is 0.350 e. The number of hydrogen-bond donors (Lipinski definition) is 2. The molecule has 1 amide bonds. The summed E-state index contributed by atoms with van der Waals surface area (Å²) in [5.74, 6) is 0.00550. The third kappa shape index (κ3) is 2.73. The Morgan fingerprint density at radius 1 is 1.42 bits per heavy atom. The first-order valence-corrected chi connectivity index (χ1v) is 8.99. The molecule has 0 bridgehead atoms. The smallest absolute Gasteiger partial charge is 0.217 e. The first-order chi connectivity index (χ1) is 11.7. The molecule has 24 heavy (non-hydrogen) atoms. The van der Waals surface area contributed by atoms with Gasteiger partial charge in [0, 0.05) is 24.7 Å². The molecule has 0 radical (unpaired) electrons. The van der Waals surface area contributed by atoms with Crippen molar-refractivity contribution in [2.45, 2.75) is 32.2 Å². The van der Waals surface area contributed by atoms with Crippen LogP contribution in [0.5, 0.6) is 0 Å². The van der Waals surface area contributed by atoms with Crippen LogP contribution in [0.1, 0.15) is 31.9 Å². The zero-order chi connectivity index (χ0) is 16.5. The zero-order valence-corrected chi connectivity index (χ0v) is 14.2. The molecule has 0 aromatic carbocycles. The second-order valence-electron chi connectivity index (χ2n) is 6.05. The van der Waals surface area contributed by atoms with Gasteiger partial charge >= 0.3 is 0 Å². The van der Waals surface area contributed by atoms with E-state index in [1.807, 2.05) is 6.20 Å². The molecule has 122 valence electrons. The van der Waals surface area contributed by atoms with Crippen LogP contribution < -0.4 is 5.32 Å². The molecular formula is C18H18N4OS. The molecule has 3 aromatic rings. The minimum Gasteiger partial charge on any atom is -0.350 e. The van der Waals surface area contributed by atoms with Crippen molar-refractivity contribution >= 4 is 33.9 Å². The lowest BCUT2D eigenvalue weighted by Gasteiger charge is -2.21. The number of thiophene rings is 1. The number of carbonyl (C=O) groups is 1. The standard InChI is InChI=1S/C18H18N4OS/c1-11(23)22-14-4-2-3-12(7-14)17-16-15(13-5-6-24-9-13)8-19-18(16)21-10-20-17/h5-10,14H,2-4H2,1H3,(H,22,23)(H,19,20,21). The van der Waals surface area contributed by atoms with Gasteiger partial charge in [0.05, 0.1) is 11.1 Å². The summed E-state index contributed by atoms with van der Waals surface area (Å²) in [6.07, 6.45) is 8.74. The van der Waals surface area contributed by atoms with Gasteiger partial charge in [0.1, 0.15) is 12.0 Å². The fourth-order valence-electron chi connectivity index (χ4n) is 3.35. The Kier molecular flexibility index (Phi) is 3.90. The summed E-state index contributed by atoms with van der Waals surface area (Å²) in [4.78, 5) is 23.6. The molecule has 4 rings (SSSR count). The molecule has 0 saturated heterocycles. The fourth-order valence-corrected chi connectivity index (χ4v) is 4.00. The number of hydrogen-bond acceptors (Lipinski definition) is 4. The number of fused-ring (bicyclic) bond motifs is 1. The van der Waals surface area contributed by atoms with Gasteiger partial charge in [-0.25, -0.2) is 9.97 Å². The van der Waals surface area contributed by atoms with Crippen LogP contribution in [-0.2, 0) is 4.79 Å². The minimum absolute atomic E-state index is 0.00550. The van der Waals surface area contributed by atoms with E-state index in [9.17, 15) is 4.79 Å². The molecule has 1 aliphatic carbocycles. The van der Waals surface area contributed by atoms with E-state index in [2.05, 4.69) is 43.2 Å². The van der Waals surface area contributed by atoms with E-state index in [0.717, 1.165) is 41.6 Å². The molecule has 3 aromatic heterocycles. The third-order valence-electron chi connectivity index (χ3n) is 4.36. The Morgan fingerprint density at radius 3 is 3.12 bits per heavy atom. The zero-order valence-electron chi connectivity index (χ0n) is 13.4. The lowest BCUT2D eigenvalue weighted by atomic mass is 9.91. The van der Waals surface area contributed by atoms with Crippen LogP contribution in [0.2, 0.25) is 0 Å². The van der Waals surface area contributed by atoms with Crippen LogP contribution >= 0.6 is 11.3 Å². The lowest BCUT2D eigenvalue weighted by molar-refractivity contribution is -0.119. The second kappa shape index (κ2) is 6.20. The molecule has 0 fully saturated rings. The van der Waals surface area contributed by atoms with Gasteiger partial charge in [-0.1, -0.05) is 6.08 Å². The van der Waals surface area contributed by atoms with Crippen molar-refractivity contribution in [1.29, 1.82) is 0 Å². The minimum atomic E-state index is 0.00550. The predicted molar refractivity (Wildman–Crippen MR) is 96.6 cm³/mol. The van der Waals surface area contributed by atoms with Crippen LogP contribution in [-0.4, -0.2) is 26.9 Å². The Labute approximate surface area is 143 Å². The van der Waals surface area contributed by atoms with E-state index < -0.39 is 0 Å². The molecular weight excluding hydrogens is 320 g/mol. The number of nitrogens with zero attached hydrogens (tertiary/aromatic N) is 2. The third-order valence-corrected chi connectivity index (χ3v) is 5.04. The van der Waals surface area contributed by atoms with Crippen molar-refractivity contribution in [3.8, 4) is 11.1 Å². The number of H-pyrrole nitrogens is 1. The summed E-state index contributed by atoms with van der Waals surface area (Å²) < 4.78 is 0. The summed E-state index contributed by atoms with van der Waals surface area (Å²) in [6, 6.07) is 2.19. The van der Waals surface area contributed by atoms with Crippen LogP contribution in [0, 0.1) is 0 Å². The summed E-state index contributed by atoms with van der Waals surface area (Å²) in [5, 5.41) is 8.27. The Bertz CT molecular complexity index is 910. The van der Waals surface area contributed by atoms with Gasteiger partial charge in [-0.2, -0.15) is 11.3 Å². The van der Waals surface area contributed by atoms with Crippen LogP contribution in [0.15, 0.2) is 35.4 Å². The SMILES string of the molecule is CC(=O)NC1C=C(c2ncnc3[nH]cc(-c4ccsc4)c23)CCC1. The van der Waals surface area contributed by atoms with Crippen molar-refractivity contribution in [2.75, 3.05) is 0 Å². The van der Waals surface area contributed by atoms with Crippen molar-refractivity contribution < 1.29 is 4.79 Å². The maximum atomic E-state index is 11.4. The van der Waals surface area contributed by atoms with E-state index in [4.69, 9.17) is 0 Å². The number of carbonyl (C=O) groups excluding carboxylic acids is 1. The predicted octanol–water partition coefficient (Wildman–Crippen LogP) is 3.76. The summed E-state index contributed by atoms with van der Waals surface area (Å²) in [7, 11) is 0. The van der Waals surface area contributed by atoms with Gasteiger partial charge in [0.2, 0.25) is 5.91 Å². The average molecular weight is 338 g/mol. The van der Waals surface area contributed by atoms with Gasteiger partial charge in [-0.15, -0.1) is 0 Å². The lowest BCUT2D eigenvalue weighted by Crippen LogP contribution is -2.32. The summed E-state index contributed by atoms with van der Waals surface area (Å²) in [5.41, 5.74) is 5.31. The summed E-state index contributed by atoms with van der Waals surface area (Å²) in [6.45, 7) is 1.56. The number of allylic oxidation sites excluding steroid dienone is 1. The Balaban J connectivity index is 1.83. The van der Waals surface area contributed by atoms with Gasteiger partial charge in [0.25, 0.3) is 0 Å². The first kappa shape index (κ1) is 15.1. The second-order valence-corrected chi connectivity index (χ2v) is 6.83. The number of aromatic amines is 1. The van der Waals surface area contributed by atoms with E-state index in [-0.39, 0.29) is 11.9 Å². The summed E-state index contributed by atoms with van der Waals surface area (Å²) >= 11 is 1.68. The first-order valence-electron chi connectivity index (χ1n) is 8.05. The maximum absolute atomic E-state index is 11.4. The topological polar surface area (TPSA) is 70.7 Å². The van der Waals surface area contributed by atoms with Gasteiger partial charge in [-0.3, -0.25) is 4.79 Å². The van der Waals surface area contributed by atoms with Crippen LogP contribution in [0.3, 0.4) is 0 Å². The number of nitrogens with one attached hydrogen (secondary N) is 2. The highest BCUT2D eigenvalue weighted by Crippen LogP contribution is 2.36. The molecule has 0 aliphatic heterocycles. The maximum Gasteiger partial charge on any atom is 0.217 e. The Hall–Kier alpha value is -2.47. The van der Waals surface area contributed by atoms with E-state index in [1.165, 1.54) is 11.1 Å². The molecule has 2 N–H and O–H groups in total. The number of aromatic nitrogens is 3. The highest BCUT2D eigenvalue weighted by Gasteiger charge is 2.20. The highest BCUT2D eigenvalue weighted by molar-refractivity contribution is 7.08. The molecule has 1 unspecified atom stereocenters. The molecule has 0 saturated carbocycles. The average Bonchev–Trinajstić information content (AvgIpc) is 3.23. The highest BCUT2D eigenvalue weighted by atomic mass is 32.1. The molecule has 1 atom stereocenters. The molecule has 5 nitrogen and oxygen atoms in total.